The molecule has 4 nitrogen and oxygen atoms in total. The second kappa shape index (κ2) is 7.81. The molecule has 0 aliphatic carbocycles. The second-order valence-electron chi connectivity index (χ2n) is 5.67. The second-order valence-corrected chi connectivity index (χ2v) is 5.67. The van der Waals surface area contributed by atoms with E-state index in [2.05, 4.69) is 24.3 Å². The molecule has 1 heterocycles. The first-order valence-electron chi connectivity index (χ1n) is 7.71. The van der Waals surface area contributed by atoms with Gasteiger partial charge in [-0.1, -0.05) is 30.3 Å². The Balaban J connectivity index is 1.71. The van der Waals surface area contributed by atoms with Crippen molar-refractivity contribution in [1.82, 2.24) is 4.90 Å². The number of carboxylic acids is 1. The van der Waals surface area contributed by atoms with E-state index in [9.17, 15) is 9.59 Å². The molecule has 21 heavy (non-hydrogen) atoms. The Morgan fingerprint density at radius 2 is 1.67 bits per heavy atom. The van der Waals surface area contributed by atoms with Crippen molar-refractivity contribution in [2.45, 2.75) is 44.4 Å². The van der Waals surface area contributed by atoms with Gasteiger partial charge in [0.2, 0.25) is 5.91 Å². The van der Waals surface area contributed by atoms with Crippen molar-refractivity contribution in [2.24, 2.45) is 0 Å². The topological polar surface area (TPSA) is 57.6 Å². The van der Waals surface area contributed by atoms with Crippen LogP contribution in [0.1, 0.15) is 50.0 Å². The van der Waals surface area contributed by atoms with Crippen molar-refractivity contribution in [2.75, 3.05) is 13.1 Å². The van der Waals surface area contributed by atoms with Gasteiger partial charge < -0.3 is 10.0 Å². The summed E-state index contributed by atoms with van der Waals surface area (Å²) >= 11 is 0. The van der Waals surface area contributed by atoms with Crippen LogP contribution in [0, 0.1) is 0 Å². The summed E-state index contributed by atoms with van der Waals surface area (Å²) in [6, 6.07) is 10.5. The summed E-state index contributed by atoms with van der Waals surface area (Å²) in [5.41, 5.74) is 1.37. The number of likely N-dealkylation sites (tertiary alicyclic amines) is 1. The maximum absolute atomic E-state index is 12.1. The Labute approximate surface area is 125 Å². The number of piperidine rings is 1. The van der Waals surface area contributed by atoms with Crippen LogP contribution >= 0.6 is 0 Å². The fourth-order valence-electron chi connectivity index (χ4n) is 2.90. The van der Waals surface area contributed by atoms with Crippen molar-refractivity contribution in [3.63, 3.8) is 0 Å². The summed E-state index contributed by atoms with van der Waals surface area (Å²) in [6.45, 7) is 1.63. The number of carbonyl (C=O) groups is 2. The maximum Gasteiger partial charge on any atom is 0.303 e. The third kappa shape index (κ3) is 4.88. The van der Waals surface area contributed by atoms with E-state index in [0.717, 1.165) is 25.9 Å². The lowest BCUT2D eigenvalue weighted by Crippen LogP contribution is -2.37. The molecular formula is C17H23NO3. The number of hydrogen-bond acceptors (Lipinski definition) is 2. The molecule has 4 heteroatoms. The summed E-state index contributed by atoms with van der Waals surface area (Å²) in [5, 5.41) is 8.57. The number of unbranched alkanes of at least 4 members (excludes halogenated alkanes) is 1. The van der Waals surface area contributed by atoms with Crippen LogP contribution in [0.4, 0.5) is 0 Å². The fraction of sp³-hybridized carbons (Fsp3) is 0.529. The van der Waals surface area contributed by atoms with E-state index in [1.165, 1.54) is 5.56 Å². The lowest BCUT2D eigenvalue weighted by atomic mass is 9.89. The van der Waals surface area contributed by atoms with E-state index in [1.54, 1.807) is 0 Å². The third-order valence-electron chi connectivity index (χ3n) is 4.15. The Morgan fingerprint density at radius 1 is 1.05 bits per heavy atom. The molecule has 0 spiro atoms. The van der Waals surface area contributed by atoms with Gasteiger partial charge in [-0.05, 0) is 37.2 Å². The molecule has 0 unspecified atom stereocenters. The highest BCUT2D eigenvalue weighted by Crippen LogP contribution is 2.28. The van der Waals surface area contributed by atoms with Gasteiger partial charge in [0.15, 0.2) is 0 Å². The molecule has 114 valence electrons. The zero-order valence-corrected chi connectivity index (χ0v) is 12.3. The standard InChI is InChI=1S/C17H23NO3/c19-16(8-4-5-9-17(20)21)18-12-10-15(11-13-18)14-6-2-1-3-7-14/h1-3,6-7,15H,4-5,8-13H2,(H,20,21). The van der Waals surface area contributed by atoms with Crippen LogP contribution in [-0.2, 0) is 9.59 Å². The highest BCUT2D eigenvalue weighted by Gasteiger charge is 2.23. The number of carboxylic acid groups (broad SMARTS) is 1. The van der Waals surface area contributed by atoms with Crippen molar-refractivity contribution < 1.29 is 14.7 Å². The molecule has 1 aromatic rings. The quantitative estimate of drug-likeness (QED) is 0.819. The van der Waals surface area contributed by atoms with Crippen LogP contribution in [0.15, 0.2) is 30.3 Å². The molecule has 0 aromatic heterocycles. The van der Waals surface area contributed by atoms with E-state index < -0.39 is 5.97 Å². The molecule has 1 aromatic carbocycles. The average molecular weight is 289 g/mol. The van der Waals surface area contributed by atoms with Crippen LogP contribution in [0.25, 0.3) is 0 Å². The molecule has 0 saturated carbocycles. The van der Waals surface area contributed by atoms with E-state index >= 15 is 0 Å². The predicted octanol–water partition coefficient (Wildman–Crippen LogP) is 3.04. The smallest absolute Gasteiger partial charge is 0.303 e. The normalized spacial score (nSPS) is 15.9. The molecule has 1 N–H and O–H groups in total. The number of benzene rings is 1. The first-order valence-corrected chi connectivity index (χ1v) is 7.71. The minimum atomic E-state index is -0.786. The van der Waals surface area contributed by atoms with Gasteiger partial charge in [0.05, 0.1) is 0 Å². The molecule has 2 rings (SSSR count). The highest BCUT2D eigenvalue weighted by atomic mass is 16.4. The number of carbonyl (C=O) groups excluding carboxylic acids is 1. The van der Waals surface area contributed by atoms with Gasteiger partial charge in [0.25, 0.3) is 0 Å². The highest BCUT2D eigenvalue weighted by molar-refractivity contribution is 5.76. The molecule has 0 bridgehead atoms. The van der Waals surface area contributed by atoms with Crippen molar-refractivity contribution in [3.05, 3.63) is 35.9 Å². The monoisotopic (exact) mass is 289 g/mol. The van der Waals surface area contributed by atoms with Crippen LogP contribution in [0.2, 0.25) is 0 Å². The first-order chi connectivity index (χ1) is 10.2. The van der Waals surface area contributed by atoms with Gasteiger partial charge in [-0.3, -0.25) is 9.59 Å². The van der Waals surface area contributed by atoms with Crippen molar-refractivity contribution in [1.29, 1.82) is 0 Å². The van der Waals surface area contributed by atoms with E-state index in [4.69, 9.17) is 5.11 Å². The van der Waals surface area contributed by atoms with Crippen LogP contribution in [0.5, 0.6) is 0 Å². The summed E-state index contributed by atoms with van der Waals surface area (Å²) in [6.07, 6.45) is 3.92. The Hall–Kier alpha value is -1.84. The minimum absolute atomic E-state index is 0.156. The SMILES string of the molecule is O=C(O)CCCCC(=O)N1CCC(c2ccccc2)CC1. The predicted molar refractivity (Wildman–Crippen MR) is 81.1 cm³/mol. The summed E-state index contributed by atoms with van der Waals surface area (Å²) < 4.78 is 0. The Kier molecular flexibility index (Phi) is 5.78. The lowest BCUT2D eigenvalue weighted by Gasteiger charge is -2.32. The van der Waals surface area contributed by atoms with Crippen molar-refractivity contribution in [3.8, 4) is 0 Å². The third-order valence-corrected chi connectivity index (χ3v) is 4.15. The summed E-state index contributed by atoms with van der Waals surface area (Å²) in [4.78, 5) is 24.4. The Morgan fingerprint density at radius 3 is 2.29 bits per heavy atom. The number of nitrogens with zero attached hydrogens (tertiary/aromatic N) is 1. The molecule has 1 saturated heterocycles. The maximum atomic E-state index is 12.1. The van der Waals surface area contributed by atoms with E-state index in [-0.39, 0.29) is 12.3 Å². The minimum Gasteiger partial charge on any atom is -0.481 e. The van der Waals surface area contributed by atoms with Crippen LogP contribution in [0.3, 0.4) is 0 Å². The molecule has 0 atom stereocenters. The van der Waals surface area contributed by atoms with Gasteiger partial charge in [-0.2, -0.15) is 0 Å². The van der Waals surface area contributed by atoms with E-state index in [0.29, 0.717) is 25.2 Å². The number of amides is 1. The molecule has 1 fully saturated rings. The van der Waals surface area contributed by atoms with Gasteiger partial charge in [0.1, 0.15) is 0 Å². The average Bonchev–Trinajstić information content (AvgIpc) is 2.52. The largest absolute Gasteiger partial charge is 0.481 e. The molecule has 0 radical (unpaired) electrons. The molecule has 1 amide bonds. The van der Waals surface area contributed by atoms with Gasteiger partial charge in [0, 0.05) is 25.9 Å². The van der Waals surface area contributed by atoms with Gasteiger partial charge in [-0.25, -0.2) is 0 Å². The molecular weight excluding hydrogens is 266 g/mol. The summed E-state index contributed by atoms with van der Waals surface area (Å²) in [5.74, 6) is -0.0553. The zero-order valence-electron chi connectivity index (χ0n) is 12.3. The zero-order chi connectivity index (χ0) is 15.1. The first kappa shape index (κ1) is 15.5. The molecule has 1 aliphatic heterocycles. The van der Waals surface area contributed by atoms with Gasteiger partial charge in [-0.15, -0.1) is 0 Å². The Bertz CT molecular complexity index is 464. The van der Waals surface area contributed by atoms with Crippen molar-refractivity contribution >= 4 is 11.9 Å². The number of rotatable bonds is 6. The van der Waals surface area contributed by atoms with Gasteiger partial charge >= 0.3 is 5.97 Å². The lowest BCUT2D eigenvalue weighted by molar-refractivity contribution is -0.137. The van der Waals surface area contributed by atoms with E-state index in [1.807, 2.05) is 11.0 Å². The number of aliphatic carboxylic acids is 1. The summed E-state index contributed by atoms with van der Waals surface area (Å²) in [7, 11) is 0. The van der Waals surface area contributed by atoms with Crippen LogP contribution in [-0.4, -0.2) is 35.0 Å². The van der Waals surface area contributed by atoms with Crippen LogP contribution < -0.4 is 0 Å². The number of hydrogen-bond donors (Lipinski definition) is 1. The fourth-order valence-corrected chi connectivity index (χ4v) is 2.90. The molecule has 1 aliphatic rings.